The van der Waals surface area contributed by atoms with E-state index in [-0.39, 0.29) is 23.5 Å². The van der Waals surface area contributed by atoms with Crippen LogP contribution < -0.4 is 5.32 Å². The Bertz CT molecular complexity index is 972. The Morgan fingerprint density at radius 2 is 1.97 bits per heavy atom. The van der Waals surface area contributed by atoms with Crippen molar-refractivity contribution in [3.63, 3.8) is 0 Å². The summed E-state index contributed by atoms with van der Waals surface area (Å²) in [4.78, 5) is 2.05. The molecule has 0 amide bonds. The van der Waals surface area contributed by atoms with Gasteiger partial charge in [0.1, 0.15) is 5.76 Å². The molecule has 0 radical (unpaired) electrons. The summed E-state index contributed by atoms with van der Waals surface area (Å²) < 4.78 is 30.0. The molecule has 172 valence electrons. The average Bonchev–Trinajstić information content (AvgIpc) is 3.37. The van der Waals surface area contributed by atoms with Crippen LogP contribution in [0.1, 0.15) is 29.1 Å². The van der Waals surface area contributed by atoms with Gasteiger partial charge < -0.3 is 20.1 Å². The molecule has 3 heterocycles. The first-order valence-corrected chi connectivity index (χ1v) is 12.4. The molecule has 31 heavy (non-hydrogen) atoms. The Morgan fingerprint density at radius 1 is 1.23 bits per heavy atom. The zero-order valence-corrected chi connectivity index (χ0v) is 18.6. The van der Waals surface area contributed by atoms with Crippen molar-refractivity contribution in [2.24, 2.45) is 5.92 Å². The SMILES string of the molecule is Cc1noc(C)c1CNC1CC(Cn2cc(CN3CCS(=O)(=O)CC3)nn2)C(O)C1O. The molecule has 1 saturated heterocycles. The molecule has 0 spiro atoms. The van der Waals surface area contributed by atoms with Crippen molar-refractivity contribution in [2.75, 3.05) is 24.6 Å². The van der Waals surface area contributed by atoms with E-state index in [4.69, 9.17) is 4.52 Å². The van der Waals surface area contributed by atoms with Crippen molar-refractivity contribution >= 4 is 9.84 Å². The lowest BCUT2D eigenvalue weighted by Gasteiger charge is -2.25. The van der Waals surface area contributed by atoms with Crippen molar-refractivity contribution in [1.82, 2.24) is 30.4 Å². The van der Waals surface area contributed by atoms with E-state index in [2.05, 4.69) is 25.7 Å². The van der Waals surface area contributed by atoms with Crippen LogP contribution in [-0.2, 0) is 29.5 Å². The normalized spacial score (nSPS) is 28.9. The number of nitrogens with zero attached hydrogens (tertiary/aromatic N) is 5. The Labute approximate surface area is 181 Å². The third-order valence-corrected chi connectivity index (χ3v) is 7.96. The van der Waals surface area contributed by atoms with E-state index in [0.29, 0.717) is 39.1 Å². The first-order chi connectivity index (χ1) is 14.7. The summed E-state index contributed by atoms with van der Waals surface area (Å²) in [6, 6.07) is -0.244. The predicted octanol–water partition coefficient (Wildman–Crippen LogP) is -0.987. The second kappa shape index (κ2) is 8.94. The molecule has 3 N–H and O–H groups in total. The van der Waals surface area contributed by atoms with E-state index in [1.165, 1.54) is 0 Å². The molecular weight excluding hydrogens is 424 g/mol. The molecule has 2 aromatic rings. The van der Waals surface area contributed by atoms with Crippen LogP contribution in [0.2, 0.25) is 0 Å². The van der Waals surface area contributed by atoms with Gasteiger partial charge in [-0.05, 0) is 20.3 Å². The minimum atomic E-state index is -2.91. The number of nitrogens with one attached hydrogen (secondary N) is 1. The summed E-state index contributed by atoms with van der Waals surface area (Å²) in [6.07, 6.45) is 0.698. The van der Waals surface area contributed by atoms with Crippen molar-refractivity contribution in [2.45, 2.75) is 58.2 Å². The lowest BCUT2D eigenvalue weighted by Crippen LogP contribution is -2.39. The van der Waals surface area contributed by atoms with E-state index in [1.807, 2.05) is 20.0 Å². The monoisotopic (exact) mass is 454 g/mol. The Balaban J connectivity index is 1.30. The summed E-state index contributed by atoms with van der Waals surface area (Å²) in [5.74, 6) is 0.938. The summed E-state index contributed by atoms with van der Waals surface area (Å²) >= 11 is 0. The van der Waals surface area contributed by atoms with Crippen LogP contribution in [-0.4, -0.2) is 86.5 Å². The predicted molar refractivity (Wildman–Crippen MR) is 111 cm³/mol. The number of aromatic nitrogens is 4. The highest BCUT2D eigenvalue weighted by Gasteiger charge is 2.41. The van der Waals surface area contributed by atoms with Gasteiger partial charge in [0.15, 0.2) is 9.84 Å². The van der Waals surface area contributed by atoms with Crippen LogP contribution in [0.15, 0.2) is 10.7 Å². The smallest absolute Gasteiger partial charge is 0.152 e. The molecule has 0 aromatic carbocycles. The highest BCUT2D eigenvalue weighted by atomic mass is 32.2. The van der Waals surface area contributed by atoms with Gasteiger partial charge in [-0.15, -0.1) is 5.10 Å². The lowest BCUT2D eigenvalue weighted by atomic mass is 10.1. The maximum atomic E-state index is 11.6. The number of aryl methyl sites for hydroxylation is 2. The van der Waals surface area contributed by atoms with Crippen LogP contribution in [0, 0.1) is 19.8 Å². The van der Waals surface area contributed by atoms with Crippen LogP contribution in [0.5, 0.6) is 0 Å². The van der Waals surface area contributed by atoms with E-state index in [9.17, 15) is 18.6 Å². The molecule has 0 bridgehead atoms. The van der Waals surface area contributed by atoms with Gasteiger partial charge in [-0.25, -0.2) is 8.42 Å². The summed E-state index contributed by atoms with van der Waals surface area (Å²) in [5.41, 5.74) is 2.55. The van der Waals surface area contributed by atoms with Crippen molar-refractivity contribution in [1.29, 1.82) is 0 Å². The Hall–Kier alpha value is -1.86. The first-order valence-electron chi connectivity index (χ1n) is 10.5. The molecule has 1 aliphatic carbocycles. The maximum Gasteiger partial charge on any atom is 0.152 e. The fraction of sp³-hybridized carbons (Fsp3) is 0.737. The number of sulfone groups is 1. The summed E-state index contributed by atoms with van der Waals surface area (Å²) in [7, 11) is -2.91. The summed E-state index contributed by atoms with van der Waals surface area (Å²) in [6.45, 7) is 6.24. The molecule has 11 nitrogen and oxygen atoms in total. The van der Waals surface area contributed by atoms with Crippen LogP contribution >= 0.6 is 0 Å². The van der Waals surface area contributed by atoms with E-state index in [0.717, 1.165) is 22.7 Å². The van der Waals surface area contributed by atoms with E-state index < -0.39 is 22.0 Å². The van der Waals surface area contributed by atoms with Gasteiger partial charge in [0.25, 0.3) is 0 Å². The number of rotatable bonds is 7. The maximum absolute atomic E-state index is 11.6. The minimum absolute atomic E-state index is 0.160. The molecule has 12 heteroatoms. The van der Waals surface area contributed by atoms with E-state index >= 15 is 0 Å². The van der Waals surface area contributed by atoms with Crippen molar-refractivity contribution in [3.8, 4) is 0 Å². The van der Waals surface area contributed by atoms with Gasteiger partial charge in [-0.3, -0.25) is 9.58 Å². The molecule has 2 fully saturated rings. The number of hydrogen-bond acceptors (Lipinski definition) is 10. The van der Waals surface area contributed by atoms with Crippen LogP contribution in [0.4, 0.5) is 0 Å². The molecule has 1 saturated carbocycles. The molecule has 4 atom stereocenters. The average molecular weight is 455 g/mol. The fourth-order valence-electron chi connectivity index (χ4n) is 4.37. The number of aliphatic hydroxyl groups excluding tert-OH is 2. The Kier molecular flexibility index (Phi) is 6.44. The van der Waals surface area contributed by atoms with Crippen molar-refractivity contribution < 1.29 is 23.2 Å². The minimum Gasteiger partial charge on any atom is -0.390 e. The third-order valence-electron chi connectivity index (χ3n) is 6.35. The second-order valence-corrected chi connectivity index (χ2v) is 10.9. The molecule has 4 rings (SSSR count). The first kappa shape index (κ1) is 22.3. The van der Waals surface area contributed by atoms with Crippen LogP contribution in [0.3, 0.4) is 0 Å². The van der Waals surface area contributed by atoms with E-state index in [1.54, 1.807) is 4.68 Å². The standard InChI is InChI=1S/C19H30N6O5S/c1-12-16(13(2)30-22-12)8-20-17-7-14(18(26)19(17)27)9-25-11-15(21-23-25)10-24-3-5-31(28,29)6-4-24/h11,14,17-20,26-27H,3-10H2,1-2H3. The highest BCUT2D eigenvalue weighted by Crippen LogP contribution is 2.29. The molecule has 2 aromatic heterocycles. The van der Waals surface area contributed by atoms with Gasteiger partial charge in [0.05, 0.1) is 35.1 Å². The number of hydrogen-bond donors (Lipinski definition) is 3. The second-order valence-electron chi connectivity index (χ2n) is 8.63. The quantitative estimate of drug-likeness (QED) is 0.477. The topological polar surface area (TPSA) is 147 Å². The van der Waals surface area contributed by atoms with Gasteiger partial charge in [-0.2, -0.15) is 0 Å². The summed E-state index contributed by atoms with van der Waals surface area (Å²) in [5, 5.41) is 36.6. The number of aliphatic hydroxyl groups is 2. The third kappa shape index (κ3) is 5.14. The van der Waals surface area contributed by atoms with Gasteiger partial charge >= 0.3 is 0 Å². The van der Waals surface area contributed by atoms with Gasteiger partial charge in [-0.1, -0.05) is 10.4 Å². The van der Waals surface area contributed by atoms with Crippen molar-refractivity contribution in [3.05, 3.63) is 28.9 Å². The fourth-order valence-corrected chi connectivity index (χ4v) is 5.65. The zero-order chi connectivity index (χ0) is 22.2. The molecule has 1 aliphatic heterocycles. The molecule has 2 aliphatic rings. The van der Waals surface area contributed by atoms with Crippen LogP contribution in [0.25, 0.3) is 0 Å². The highest BCUT2D eigenvalue weighted by molar-refractivity contribution is 7.91. The lowest BCUT2D eigenvalue weighted by molar-refractivity contribution is 0.00720. The Morgan fingerprint density at radius 3 is 2.65 bits per heavy atom. The zero-order valence-electron chi connectivity index (χ0n) is 17.8. The largest absolute Gasteiger partial charge is 0.390 e. The van der Waals surface area contributed by atoms with Gasteiger partial charge in [0.2, 0.25) is 0 Å². The molecular formula is C19H30N6O5S. The molecule has 4 unspecified atom stereocenters. The van der Waals surface area contributed by atoms with Gasteiger partial charge in [0, 0.05) is 56.4 Å².